The largest absolute Gasteiger partial charge is 0.328 e. The van der Waals surface area contributed by atoms with Crippen LogP contribution in [-0.4, -0.2) is 30.4 Å². The Labute approximate surface area is 206 Å². The first-order chi connectivity index (χ1) is 16.7. The minimum absolute atomic E-state index is 0.206. The molecule has 0 radical (unpaired) electrons. The fraction of sp³-hybridized carbons (Fsp3) is 0.464. The molecule has 1 aliphatic heterocycles. The van der Waals surface area contributed by atoms with Crippen LogP contribution in [-0.2, 0) is 11.3 Å². The van der Waals surface area contributed by atoms with Gasteiger partial charge in [-0.1, -0.05) is 39.0 Å². The van der Waals surface area contributed by atoms with E-state index in [-0.39, 0.29) is 18.2 Å². The molecule has 2 aromatic rings. The molecule has 2 aliphatic carbocycles. The summed E-state index contributed by atoms with van der Waals surface area (Å²) in [6.45, 7) is 8.41. The number of urea groups is 1. The molecule has 184 valence electrons. The molecule has 1 saturated heterocycles. The highest BCUT2D eigenvalue weighted by atomic mass is 16.2. The molecule has 2 aromatic carbocycles. The van der Waals surface area contributed by atoms with Crippen LogP contribution >= 0.6 is 0 Å². The fourth-order valence-electron chi connectivity index (χ4n) is 6.29. The van der Waals surface area contributed by atoms with Crippen molar-refractivity contribution in [3.63, 3.8) is 0 Å². The Kier molecular flexibility index (Phi) is 5.91. The van der Waals surface area contributed by atoms with Crippen LogP contribution in [0.1, 0.15) is 62.4 Å². The van der Waals surface area contributed by atoms with Crippen molar-refractivity contribution in [2.75, 3.05) is 16.8 Å². The molecule has 7 nitrogen and oxygen atoms in total. The first-order valence-electron chi connectivity index (χ1n) is 12.5. The summed E-state index contributed by atoms with van der Waals surface area (Å²) in [6.07, 6.45) is 4.14. The van der Waals surface area contributed by atoms with E-state index in [1.807, 2.05) is 24.3 Å². The number of nitrogens with one attached hydrogen (secondary N) is 3. The molecular formula is C28H34N4O3. The van der Waals surface area contributed by atoms with Crippen LogP contribution in [0.5, 0.6) is 0 Å². The molecule has 1 heterocycles. The standard InChI is InChI=1S/C28H34N4O3/c1-27(2)20-11-13-28(27,3)23(15-20)29-17-18-7-9-19(10-8-18)25(34)30-21-5-4-6-22(16-21)32-14-12-24(33)31-26(32)35/h4-10,16,20,23,29H,11-15,17H2,1-3H3,(H,30,34)(H,31,33,35)/t20-,23+,28+/m1/s1. The van der Waals surface area contributed by atoms with Gasteiger partial charge in [-0.15, -0.1) is 0 Å². The Morgan fingerprint density at radius 1 is 1.11 bits per heavy atom. The Hall–Kier alpha value is -3.19. The zero-order valence-corrected chi connectivity index (χ0v) is 20.7. The number of hydrogen-bond acceptors (Lipinski definition) is 4. The number of nitrogens with zero attached hydrogens (tertiary/aromatic N) is 1. The number of imide groups is 1. The van der Waals surface area contributed by atoms with Crippen LogP contribution in [0.2, 0.25) is 0 Å². The third-order valence-corrected chi connectivity index (χ3v) is 9.03. The lowest BCUT2D eigenvalue weighted by Crippen LogP contribution is -2.49. The Morgan fingerprint density at radius 2 is 1.89 bits per heavy atom. The van der Waals surface area contributed by atoms with Crippen molar-refractivity contribution in [1.82, 2.24) is 10.6 Å². The maximum Gasteiger partial charge on any atom is 0.328 e. The molecule has 0 aromatic heterocycles. The first-order valence-corrected chi connectivity index (χ1v) is 12.5. The Bertz CT molecular complexity index is 1160. The van der Waals surface area contributed by atoms with E-state index in [0.29, 0.717) is 40.4 Å². The summed E-state index contributed by atoms with van der Waals surface area (Å²) < 4.78 is 0. The summed E-state index contributed by atoms with van der Waals surface area (Å²) in [6, 6.07) is 14.9. The minimum atomic E-state index is -0.447. The van der Waals surface area contributed by atoms with E-state index < -0.39 is 6.03 Å². The van der Waals surface area contributed by atoms with Crippen molar-refractivity contribution in [3.05, 3.63) is 59.7 Å². The van der Waals surface area contributed by atoms with Crippen molar-refractivity contribution in [1.29, 1.82) is 0 Å². The fourth-order valence-corrected chi connectivity index (χ4v) is 6.29. The van der Waals surface area contributed by atoms with Crippen LogP contribution in [0.4, 0.5) is 16.2 Å². The topological polar surface area (TPSA) is 90.5 Å². The maximum atomic E-state index is 12.8. The molecule has 3 fully saturated rings. The van der Waals surface area contributed by atoms with Gasteiger partial charge in [0.2, 0.25) is 5.91 Å². The van der Waals surface area contributed by atoms with Crippen LogP contribution in [0.3, 0.4) is 0 Å². The summed E-state index contributed by atoms with van der Waals surface area (Å²) in [4.78, 5) is 37.8. The lowest BCUT2D eigenvalue weighted by Gasteiger charge is -2.39. The van der Waals surface area contributed by atoms with E-state index in [2.05, 4.69) is 36.7 Å². The zero-order valence-electron chi connectivity index (χ0n) is 20.7. The molecule has 5 rings (SSSR count). The summed E-state index contributed by atoms with van der Waals surface area (Å²) in [5.41, 5.74) is 3.70. The number of carbonyl (C=O) groups is 3. The summed E-state index contributed by atoms with van der Waals surface area (Å²) >= 11 is 0. The van der Waals surface area contributed by atoms with Gasteiger partial charge < -0.3 is 10.6 Å². The van der Waals surface area contributed by atoms with Crippen LogP contribution in [0.15, 0.2) is 48.5 Å². The zero-order chi connectivity index (χ0) is 24.8. The molecule has 2 saturated carbocycles. The molecular weight excluding hydrogens is 440 g/mol. The second-order valence-corrected chi connectivity index (χ2v) is 11.0. The van der Waals surface area contributed by atoms with E-state index in [1.54, 1.807) is 24.3 Å². The third-order valence-electron chi connectivity index (χ3n) is 9.03. The molecule has 7 heteroatoms. The van der Waals surface area contributed by atoms with Crippen molar-refractivity contribution in [2.24, 2.45) is 16.7 Å². The van der Waals surface area contributed by atoms with Crippen molar-refractivity contribution < 1.29 is 14.4 Å². The Morgan fingerprint density at radius 3 is 2.54 bits per heavy atom. The molecule has 3 atom stereocenters. The van der Waals surface area contributed by atoms with Gasteiger partial charge in [0.15, 0.2) is 0 Å². The average molecular weight is 475 g/mol. The molecule has 0 unspecified atom stereocenters. The molecule has 3 aliphatic rings. The highest BCUT2D eigenvalue weighted by Crippen LogP contribution is 2.65. The third kappa shape index (κ3) is 4.22. The highest BCUT2D eigenvalue weighted by molar-refractivity contribution is 6.07. The van der Waals surface area contributed by atoms with Gasteiger partial charge in [0, 0.05) is 42.5 Å². The first kappa shape index (κ1) is 23.5. The second kappa shape index (κ2) is 8.79. The van der Waals surface area contributed by atoms with Crippen LogP contribution < -0.4 is 20.9 Å². The number of carbonyl (C=O) groups excluding carboxylic acids is 3. The summed E-state index contributed by atoms with van der Waals surface area (Å²) in [7, 11) is 0. The normalized spacial score (nSPS) is 27.1. The molecule has 35 heavy (non-hydrogen) atoms. The van der Waals surface area contributed by atoms with Gasteiger partial charge in [0.05, 0.1) is 0 Å². The van der Waals surface area contributed by atoms with Gasteiger partial charge in [0.25, 0.3) is 5.91 Å². The van der Waals surface area contributed by atoms with Crippen molar-refractivity contribution >= 4 is 29.2 Å². The van der Waals surface area contributed by atoms with Gasteiger partial charge in [-0.05, 0) is 71.9 Å². The predicted octanol–water partition coefficient (Wildman–Crippen LogP) is 4.69. The quantitative estimate of drug-likeness (QED) is 0.567. The van der Waals surface area contributed by atoms with E-state index in [0.717, 1.165) is 12.5 Å². The number of fused-ring (bicyclic) bond motifs is 2. The van der Waals surface area contributed by atoms with Gasteiger partial charge in [-0.2, -0.15) is 0 Å². The van der Waals surface area contributed by atoms with Gasteiger partial charge >= 0.3 is 6.03 Å². The smallest absolute Gasteiger partial charge is 0.322 e. The SMILES string of the molecule is CC1(C)[C@@H]2CC[C@@]1(C)[C@@H](NCc1ccc(C(=O)Nc3cccc(N4CCC(=O)NC4=O)c3)cc1)C2. The number of hydrogen-bond donors (Lipinski definition) is 3. The number of rotatable bonds is 6. The molecule has 2 bridgehead atoms. The van der Waals surface area contributed by atoms with Crippen LogP contribution in [0, 0.1) is 16.7 Å². The van der Waals surface area contributed by atoms with E-state index >= 15 is 0 Å². The minimum Gasteiger partial charge on any atom is -0.322 e. The van der Waals surface area contributed by atoms with Gasteiger partial charge in [0.1, 0.15) is 0 Å². The van der Waals surface area contributed by atoms with E-state index in [1.165, 1.54) is 29.7 Å². The van der Waals surface area contributed by atoms with Crippen molar-refractivity contribution in [2.45, 2.75) is 59.0 Å². The van der Waals surface area contributed by atoms with Crippen molar-refractivity contribution in [3.8, 4) is 0 Å². The van der Waals surface area contributed by atoms with E-state index in [4.69, 9.17) is 0 Å². The highest BCUT2D eigenvalue weighted by Gasteiger charge is 2.60. The second-order valence-electron chi connectivity index (χ2n) is 11.0. The van der Waals surface area contributed by atoms with Crippen LogP contribution in [0.25, 0.3) is 0 Å². The molecule has 3 N–H and O–H groups in total. The summed E-state index contributed by atoms with van der Waals surface area (Å²) in [5.74, 6) is 0.325. The monoisotopic (exact) mass is 474 g/mol. The van der Waals surface area contributed by atoms with Gasteiger partial charge in [-0.25, -0.2) is 4.79 Å². The number of benzene rings is 2. The summed E-state index contributed by atoms with van der Waals surface area (Å²) in [5, 5.41) is 9.03. The van der Waals surface area contributed by atoms with E-state index in [9.17, 15) is 14.4 Å². The lowest BCUT2D eigenvalue weighted by atomic mass is 9.69. The predicted molar refractivity (Wildman–Crippen MR) is 136 cm³/mol. The number of amides is 4. The number of anilines is 2. The maximum absolute atomic E-state index is 12.8. The average Bonchev–Trinajstić information content (AvgIpc) is 3.17. The lowest BCUT2D eigenvalue weighted by molar-refractivity contribution is -0.120. The molecule has 4 amide bonds. The van der Waals surface area contributed by atoms with Gasteiger partial charge in [-0.3, -0.25) is 19.8 Å². The Balaban J connectivity index is 1.19. The molecule has 0 spiro atoms.